The fraction of sp³-hybridized carbons (Fsp3) is 0.412. The fourth-order valence-corrected chi connectivity index (χ4v) is 3.96. The van der Waals surface area contributed by atoms with E-state index in [-0.39, 0.29) is 17.6 Å². The lowest BCUT2D eigenvalue weighted by molar-refractivity contribution is 0.104. The van der Waals surface area contributed by atoms with Crippen LogP contribution >= 0.6 is 11.3 Å². The van der Waals surface area contributed by atoms with Gasteiger partial charge in [0.2, 0.25) is 11.5 Å². The van der Waals surface area contributed by atoms with Crippen molar-refractivity contribution in [2.75, 3.05) is 33.6 Å². The van der Waals surface area contributed by atoms with E-state index in [1.807, 2.05) is 0 Å². The number of hydrogen-bond donors (Lipinski definition) is 2. The van der Waals surface area contributed by atoms with Crippen molar-refractivity contribution in [2.45, 2.75) is 18.9 Å². The van der Waals surface area contributed by atoms with E-state index in [0.717, 1.165) is 24.4 Å². The number of ketones is 1. The van der Waals surface area contributed by atoms with Crippen molar-refractivity contribution >= 4 is 22.9 Å². The Balaban J connectivity index is 1.98. The van der Waals surface area contributed by atoms with Crippen LogP contribution in [0, 0.1) is 0 Å². The lowest BCUT2D eigenvalue weighted by Gasteiger charge is -2.13. The largest absolute Gasteiger partial charge is 0.493 e. The lowest BCUT2D eigenvalue weighted by atomic mass is 10.1. The van der Waals surface area contributed by atoms with Crippen LogP contribution in [-0.2, 0) is 0 Å². The average Bonchev–Trinajstić information content (AvgIpc) is 3.29. The van der Waals surface area contributed by atoms with Gasteiger partial charge in [0.1, 0.15) is 15.7 Å². The molecule has 1 aliphatic rings. The number of ether oxygens (including phenoxy) is 3. The van der Waals surface area contributed by atoms with E-state index in [2.05, 4.69) is 10.3 Å². The Morgan fingerprint density at radius 3 is 2.44 bits per heavy atom. The number of nitrogen functional groups attached to an aromatic ring is 1. The van der Waals surface area contributed by atoms with E-state index in [0.29, 0.717) is 27.7 Å². The zero-order valence-corrected chi connectivity index (χ0v) is 15.2. The van der Waals surface area contributed by atoms with Crippen LogP contribution in [0.3, 0.4) is 0 Å². The minimum Gasteiger partial charge on any atom is -0.493 e. The van der Waals surface area contributed by atoms with Gasteiger partial charge in [-0.2, -0.15) is 0 Å². The number of hydrogen-bond acceptors (Lipinski definition) is 8. The summed E-state index contributed by atoms with van der Waals surface area (Å²) in [6, 6.07) is 3.42. The van der Waals surface area contributed by atoms with Crippen LogP contribution < -0.4 is 25.3 Å². The Morgan fingerprint density at radius 2 is 1.92 bits per heavy atom. The number of anilines is 1. The minimum atomic E-state index is -0.210. The van der Waals surface area contributed by atoms with Crippen molar-refractivity contribution in [3.63, 3.8) is 0 Å². The predicted molar refractivity (Wildman–Crippen MR) is 96.0 cm³/mol. The second kappa shape index (κ2) is 7.28. The number of aromatic nitrogens is 1. The Morgan fingerprint density at radius 1 is 1.24 bits per heavy atom. The molecule has 3 rings (SSSR count). The molecular weight excluding hydrogens is 342 g/mol. The first kappa shape index (κ1) is 17.5. The first-order valence-electron chi connectivity index (χ1n) is 7.93. The zero-order chi connectivity index (χ0) is 18.0. The third-order valence-electron chi connectivity index (χ3n) is 4.16. The van der Waals surface area contributed by atoms with Crippen molar-refractivity contribution in [2.24, 2.45) is 0 Å². The Hall–Kier alpha value is -2.32. The van der Waals surface area contributed by atoms with Gasteiger partial charge in [-0.15, -0.1) is 11.3 Å². The number of nitrogens with one attached hydrogen (secondary N) is 1. The van der Waals surface area contributed by atoms with Crippen molar-refractivity contribution in [3.05, 3.63) is 27.6 Å². The summed E-state index contributed by atoms with van der Waals surface area (Å²) in [4.78, 5) is 17.8. The maximum atomic E-state index is 12.9. The van der Waals surface area contributed by atoms with Crippen molar-refractivity contribution in [3.8, 4) is 17.2 Å². The summed E-state index contributed by atoms with van der Waals surface area (Å²) in [7, 11) is 4.54. The van der Waals surface area contributed by atoms with E-state index in [1.165, 1.54) is 32.7 Å². The van der Waals surface area contributed by atoms with E-state index in [9.17, 15) is 4.79 Å². The number of rotatable bonds is 6. The summed E-state index contributed by atoms with van der Waals surface area (Å²) in [6.07, 6.45) is 2.10. The predicted octanol–water partition coefficient (Wildman–Crippen LogP) is 2.41. The standard InChI is InChI=1S/C17H21N3O4S/c1-22-11-7-9(8-12(23-2)14(11)24-3)13(21)15-16(18)20-17(25-15)10-5-4-6-19-10/h7-8,10,19H,4-6,18H2,1-3H3. The SMILES string of the molecule is COc1cc(C(=O)c2sc(C3CCCN3)nc2N)cc(OC)c1OC. The third-order valence-corrected chi connectivity index (χ3v) is 5.35. The fourth-order valence-electron chi connectivity index (χ4n) is 2.90. The molecule has 3 N–H and O–H groups in total. The summed E-state index contributed by atoms with van der Waals surface area (Å²) in [5.74, 6) is 1.33. The molecule has 8 heteroatoms. The van der Waals surface area contributed by atoms with Gasteiger partial charge in [-0.3, -0.25) is 4.79 Å². The number of thiazole rings is 1. The highest BCUT2D eigenvalue weighted by molar-refractivity contribution is 7.14. The molecule has 1 aromatic carbocycles. The molecule has 0 saturated carbocycles. The Labute approximate surface area is 150 Å². The van der Waals surface area contributed by atoms with Gasteiger partial charge in [0.05, 0.1) is 27.4 Å². The van der Waals surface area contributed by atoms with Gasteiger partial charge in [0.25, 0.3) is 0 Å². The van der Waals surface area contributed by atoms with Gasteiger partial charge in [0, 0.05) is 5.56 Å². The Kier molecular flexibility index (Phi) is 5.10. The summed E-state index contributed by atoms with van der Waals surface area (Å²) < 4.78 is 15.9. The molecule has 7 nitrogen and oxygen atoms in total. The molecule has 0 amide bonds. The van der Waals surface area contributed by atoms with Crippen LogP contribution in [0.1, 0.15) is 39.1 Å². The maximum Gasteiger partial charge on any atom is 0.207 e. The number of nitrogens with two attached hydrogens (primary N) is 1. The van der Waals surface area contributed by atoms with Crippen LogP contribution in [0.15, 0.2) is 12.1 Å². The molecule has 2 heterocycles. The molecule has 0 bridgehead atoms. The van der Waals surface area contributed by atoms with Crippen molar-refractivity contribution in [1.29, 1.82) is 0 Å². The summed E-state index contributed by atoms with van der Waals surface area (Å²) in [6.45, 7) is 0.959. The van der Waals surface area contributed by atoms with Crippen LogP contribution in [0.25, 0.3) is 0 Å². The first-order valence-corrected chi connectivity index (χ1v) is 8.75. The van der Waals surface area contributed by atoms with E-state index < -0.39 is 0 Å². The van der Waals surface area contributed by atoms with Crippen LogP contribution in [0.5, 0.6) is 17.2 Å². The first-order chi connectivity index (χ1) is 12.1. The van der Waals surface area contributed by atoms with E-state index in [4.69, 9.17) is 19.9 Å². The average molecular weight is 363 g/mol. The third kappa shape index (κ3) is 3.27. The quantitative estimate of drug-likeness (QED) is 0.761. The lowest BCUT2D eigenvalue weighted by Crippen LogP contribution is -2.12. The zero-order valence-electron chi connectivity index (χ0n) is 14.4. The highest BCUT2D eigenvalue weighted by Gasteiger charge is 2.26. The van der Waals surface area contributed by atoms with Gasteiger partial charge in [0.15, 0.2) is 11.5 Å². The van der Waals surface area contributed by atoms with Crippen LogP contribution in [0.4, 0.5) is 5.82 Å². The molecule has 0 aliphatic carbocycles. The number of benzene rings is 1. The molecule has 0 radical (unpaired) electrons. The number of carbonyl (C=O) groups excluding carboxylic acids is 1. The Bertz CT molecular complexity index is 759. The molecule has 1 saturated heterocycles. The molecular formula is C17H21N3O4S. The van der Waals surface area contributed by atoms with Gasteiger partial charge in [-0.1, -0.05) is 0 Å². The highest BCUT2D eigenvalue weighted by atomic mass is 32.1. The van der Waals surface area contributed by atoms with Gasteiger partial charge in [-0.25, -0.2) is 4.98 Å². The molecule has 0 spiro atoms. The molecule has 1 atom stereocenters. The van der Waals surface area contributed by atoms with Gasteiger partial charge in [-0.05, 0) is 31.5 Å². The number of nitrogens with zero attached hydrogens (tertiary/aromatic N) is 1. The van der Waals surface area contributed by atoms with E-state index in [1.54, 1.807) is 12.1 Å². The second-order valence-corrected chi connectivity index (χ2v) is 6.69. The summed E-state index contributed by atoms with van der Waals surface area (Å²) in [5, 5.41) is 4.22. The molecule has 1 aromatic heterocycles. The normalized spacial score (nSPS) is 16.7. The molecule has 25 heavy (non-hydrogen) atoms. The summed E-state index contributed by atoms with van der Waals surface area (Å²) in [5.41, 5.74) is 6.42. The van der Waals surface area contributed by atoms with Crippen LogP contribution in [0.2, 0.25) is 0 Å². The molecule has 134 valence electrons. The van der Waals surface area contributed by atoms with Crippen molar-refractivity contribution < 1.29 is 19.0 Å². The minimum absolute atomic E-state index is 0.175. The molecule has 1 unspecified atom stereocenters. The smallest absolute Gasteiger partial charge is 0.207 e. The number of carbonyl (C=O) groups is 1. The highest BCUT2D eigenvalue weighted by Crippen LogP contribution is 2.40. The molecule has 1 aliphatic heterocycles. The monoisotopic (exact) mass is 363 g/mol. The van der Waals surface area contributed by atoms with Crippen LogP contribution in [-0.4, -0.2) is 38.6 Å². The molecule has 2 aromatic rings. The number of methoxy groups -OCH3 is 3. The summed E-state index contributed by atoms with van der Waals surface area (Å²) >= 11 is 1.34. The van der Waals surface area contributed by atoms with Gasteiger partial charge < -0.3 is 25.3 Å². The molecule has 1 fully saturated rings. The maximum absolute atomic E-state index is 12.9. The second-order valence-electron chi connectivity index (χ2n) is 5.66. The van der Waals surface area contributed by atoms with E-state index >= 15 is 0 Å². The van der Waals surface area contributed by atoms with Gasteiger partial charge >= 0.3 is 0 Å². The van der Waals surface area contributed by atoms with Crippen molar-refractivity contribution in [1.82, 2.24) is 10.3 Å². The topological polar surface area (TPSA) is 95.7 Å².